The molecule has 0 amide bonds. The van der Waals surface area contributed by atoms with Gasteiger partial charge in [-0.3, -0.25) is 0 Å². The topological polar surface area (TPSA) is 12.0 Å². The van der Waals surface area contributed by atoms with Crippen molar-refractivity contribution in [1.82, 2.24) is 5.32 Å². The van der Waals surface area contributed by atoms with Crippen molar-refractivity contribution >= 4 is 15.9 Å². The number of hydrogen-bond donors (Lipinski definition) is 1. The van der Waals surface area contributed by atoms with Gasteiger partial charge in [0.15, 0.2) is 0 Å². The van der Waals surface area contributed by atoms with E-state index in [1.54, 1.807) is 0 Å². The first-order valence-corrected chi connectivity index (χ1v) is 8.47. The van der Waals surface area contributed by atoms with E-state index in [1.165, 1.54) is 55.1 Å². The summed E-state index contributed by atoms with van der Waals surface area (Å²) in [6, 6.07) is 9.80. The number of hydrogen-bond acceptors (Lipinski definition) is 1. The van der Waals surface area contributed by atoms with Gasteiger partial charge in [-0.2, -0.15) is 0 Å². The molecule has 2 heteroatoms. The molecule has 104 valence electrons. The van der Waals surface area contributed by atoms with E-state index in [0.717, 1.165) is 12.0 Å². The molecular formula is C17H24BrN. The SMILES string of the molecule is CC1CCC(CNC2CC2)(c2cccc(Br)c2)CC1. The lowest BCUT2D eigenvalue weighted by Gasteiger charge is -2.40. The second-order valence-corrected chi connectivity index (χ2v) is 7.54. The van der Waals surface area contributed by atoms with Crippen LogP contribution in [0.15, 0.2) is 28.7 Å². The van der Waals surface area contributed by atoms with Gasteiger partial charge in [0.05, 0.1) is 0 Å². The van der Waals surface area contributed by atoms with Gasteiger partial charge in [0, 0.05) is 22.5 Å². The number of rotatable bonds is 4. The van der Waals surface area contributed by atoms with Crippen molar-refractivity contribution < 1.29 is 0 Å². The molecule has 0 radical (unpaired) electrons. The zero-order valence-corrected chi connectivity index (χ0v) is 13.4. The van der Waals surface area contributed by atoms with Crippen molar-refractivity contribution in [2.45, 2.75) is 56.9 Å². The summed E-state index contributed by atoms with van der Waals surface area (Å²) in [6.07, 6.45) is 8.18. The second kappa shape index (κ2) is 5.57. The molecule has 0 unspecified atom stereocenters. The molecule has 0 heterocycles. The van der Waals surface area contributed by atoms with Crippen LogP contribution in [0.4, 0.5) is 0 Å². The van der Waals surface area contributed by atoms with Gasteiger partial charge in [0.2, 0.25) is 0 Å². The zero-order valence-electron chi connectivity index (χ0n) is 11.8. The maximum atomic E-state index is 3.78. The van der Waals surface area contributed by atoms with Crippen LogP contribution in [0.2, 0.25) is 0 Å². The van der Waals surface area contributed by atoms with Gasteiger partial charge in [-0.05, 0) is 62.1 Å². The van der Waals surface area contributed by atoms with E-state index >= 15 is 0 Å². The van der Waals surface area contributed by atoms with Crippen LogP contribution < -0.4 is 5.32 Å². The average Bonchev–Trinajstić information content (AvgIpc) is 3.23. The second-order valence-electron chi connectivity index (χ2n) is 6.63. The van der Waals surface area contributed by atoms with Crippen molar-refractivity contribution in [3.63, 3.8) is 0 Å². The highest BCUT2D eigenvalue weighted by molar-refractivity contribution is 9.10. The standard InChI is InChI=1S/C17H24BrN/c1-13-7-9-17(10-8-13,12-19-16-5-6-16)14-3-2-4-15(18)11-14/h2-4,11,13,16,19H,5-10,12H2,1H3. The Kier molecular flexibility index (Phi) is 4.00. The quantitative estimate of drug-likeness (QED) is 0.851. The zero-order chi connectivity index (χ0) is 13.3. The Labute approximate surface area is 125 Å². The van der Waals surface area contributed by atoms with Crippen molar-refractivity contribution in [3.05, 3.63) is 34.3 Å². The highest BCUT2D eigenvalue weighted by Crippen LogP contribution is 2.42. The highest BCUT2D eigenvalue weighted by atomic mass is 79.9. The van der Waals surface area contributed by atoms with E-state index in [-0.39, 0.29) is 0 Å². The molecule has 0 spiro atoms. The van der Waals surface area contributed by atoms with Crippen molar-refractivity contribution in [2.24, 2.45) is 5.92 Å². The molecule has 3 rings (SSSR count). The number of halogens is 1. The fourth-order valence-corrected chi connectivity index (χ4v) is 3.73. The van der Waals surface area contributed by atoms with Gasteiger partial charge in [0.1, 0.15) is 0 Å². The van der Waals surface area contributed by atoms with E-state index in [0.29, 0.717) is 5.41 Å². The third kappa shape index (κ3) is 3.22. The monoisotopic (exact) mass is 321 g/mol. The summed E-state index contributed by atoms with van der Waals surface area (Å²) in [5.74, 6) is 0.904. The largest absolute Gasteiger partial charge is 0.313 e. The molecule has 0 aliphatic heterocycles. The summed E-state index contributed by atoms with van der Waals surface area (Å²) in [5.41, 5.74) is 1.90. The molecule has 1 N–H and O–H groups in total. The molecule has 0 bridgehead atoms. The van der Waals surface area contributed by atoms with E-state index < -0.39 is 0 Å². The fraction of sp³-hybridized carbons (Fsp3) is 0.647. The van der Waals surface area contributed by atoms with Crippen molar-refractivity contribution in [1.29, 1.82) is 0 Å². The number of nitrogens with one attached hydrogen (secondary N) is 1. The molecule has 0 atom stereocenters. The third-order valence-corrected chi connectivity index (χ3v) is 5.47. The van der Waals surface area contributed by atoms with Crippen LogP contribution in [-0.2, 0) is 5.41 Å². The van der Waals surface area contributed by atoms with Gasteiger partial charge in [-0.1, -0.05) is 35.0 Å². The third-order valence-electron chi connectivity index (χ3n) is 4.97. The van der Waals surface area contributed by atoms with Crippen LogP contribution in [0.3, 0.4) is 0 Å². The molecular weight excluding hydrogens is 298 g/mol. The Balaban J connectivity index is 1.81. The van der Waals surface area contributed by atoms with Crippen LogP contribution in [0.5, 0.6) is 0 Å². The molecule has 1 nitrogen and oxygen atoms in total. The summed E-state index contributed by atoms with van der Waals surface area (Å²) in [4.78, 5) is 0. The van der Waals surface area contributed by atoms with Crippen LogP contribution in [0, 0.1) is 5.92 Å². The predicted molar refractivity (Wildman–Crippen MR) is 84.5 cm³/mol. The summed E-state index contributed by atoms with van der Waals surface area (Å²) < 4.78 is 1.22. The average molecular weight is 322 g/mol. The number of benzene rings is 1. The first-order chi connectivity index (χ1) is 9.18. The Morgan fingerprint density at radius 2 is 1.95 bits per heavy atom. The molecule has 19 heavy (non-hydrogen) atoms. The van der Waals surface area contributed by atoms with Gasteiger partial charge in [-0.15, -0.1) is 0 Å². The van der Waals surface area contributed by atoms with Gasteiger partial charge < -0.3 is 5.32 Å². The van der Waals surface area contributed by atoms with Gasteiger partial charge >= 0.3 is 0 Å². The molecule has 2 saturated carbocycles. The van der Waals surface area contributed by atoms with E-state index in [1.807, 2.05) is 0 Å². The lowest BCUT2D eigenvalue weighted by molar-refractivity contribution is 0.233. The highest BCUT2D eigenvalue weighted by Gasteiger charge is 2.37. The van der Waals surface area contributed by atoms with Gasteiger partial charge in [0.25, 0.3) is 0 Å². The summed E-state index contributed by atoms with van der Waals surface area (Å²) in [5, 5.41) is 3.78. The summed E-state index contributed by atoms with van der Waals surface area (Å²) in [7, 11) is 0. The smallest absolute Gasteiger partial charge is 0.0178 e. The normalized spacial score (nSPS) is 31.4. The minimum atomic E-state index is 0.374. The van der Waals surface area contributed by atoms with E-state index in [2.05, 4.69) is 52.4 Å². The maximum absolute atomic E-state index is 3.78. The summed E-state index contributed by atoms with van der Waals surface area (Å²) >= 11 is 3.64. The molecule has 2 aliphatic rings. The lowest BCUT2D eigenvalue weighted by Crippen LogP contribution is -2.41. The fourth-order valence-electron chi connectivity index (χ4n) is 3.33. The first kappa shape index (κ1) is 13.6. The summed E-state index contributed by atoms with van der Waals surface area (Å²) in [6.45, 7) is 3.57. The van der Waals surface area contributed by atoms with Crippen molar-refractivity contribution in [3.8, 4) is 0 Å². The molecule has 0 aromatic heterocycles. The van der Waals surface area contributed by atoms with Crippen LogP contribution in [0.25, 0.3) is 0 Å². The Bertz CT molecular complexity index is 431. The predicted octanol–water partition coefficient (Wildman–Crippen LogP) is 4.65. The van der Waals surface area contributed by atoms with E-state index in [4.69, 9.17) is 0 Å². The Morgan fingerprint density at radius 1 is 1.21 bits per heavy atom. The van der Waals surface area contributed by atoms with Crippen LogP contribution in [-0.4, -0.2) is 12.6 Å². The van der Waals surface area contributed by atoms with E-state index in [9.17, 15) is 0 Å². The van der Waals surface area contributed by atoms with Crippen molar-refractivity contribution in [2.75, 3.05) is 6.54 Å². The van der Waals surface area contributed by atoms with Gasteiger partial charge in [-0.25, -0.2) is 0 Å². The van der Waals surface area contributed by atoms with Crippen LogP contribution >= 0.6 is 15.9 Å². The Morgan fingerprint density at radius 3 is 2.58 bits per heavy atom. The molecule has 2 aliphatic carbocycles. The first-order valence-electron chi connectivity index (χ1n) is 7.67. The molecule has 1 aromatic carbocycles. The van der Waals surface area contributed by atoms with Crippen LogP contribution in [0.1, 0.15) is 51.0 Å². The minimum absolute atomic E-state index is 0.374. The lowest BCUT2D eigenvalue weighted by atomic mass is 9.67. The Hall–Kier alpha value is -0.340. The molecule has 2 fully saturated rings. The molecule has 0 saturated heterocycles. The minimum Gasteiger partial charge on any atom is -0.313 e. The maximum Gasteiger partial charge on any atom is 0.0178 e. The molecule has 1 aromatic rings.